The van der Waals surface area contributed by atoms with Crippen LogP contribution in [0.3, 0.4) is 0 Å². The van der Waals surface area contributed by atoms with Crippen LogP contribution in [0.25, 0.3) is 0 Å². The van der Waals surface area contributed by atoms with E-state index in [1.165, 1.54) is 44.5 Å². The van der Waals surface area contributed by atoms with E-state index < -0.39 is 10.0 Å². The van der Waals surface area contributed by atoms with Gasteiger partial charge in [-0.25, -0.2) is 12.7 Å². The molecule has 1 aliphatic heterocycles. The van der Waals surface area contributed by atoms with Gasteiger partial charge in [0.2, 0.25) is 10.0 Å². The fraction of sp³-hybridized carbons (Fsp3) is 0.316. The smallest absolute Gasteiger partial charge is 0.251 e. The second-order valence-corrected chi connectivity index (χ2v) is 8.66. The maximum absolute atomic E-state index is 12.5. The average Bonchev–Trinajstić information content (AvgIpc) is 3.13. The highest BCUT2D eigenvalue weighted by molar-refractivity contribution is 7.89. The van der Waals surface area contributed by atoms with E-state index in [0.29, 0.717) is 6.54 Å². The van der Waals surface area contributed by atoms with E-state index in [1.54, 1.807) is 6.07 Å². The van der Waals surface area contributed by atoms with Crippen LogP contribution in [0.5, 0.6) is 5.75 Å². The van der Waals surface area contributed by atoms with E-state index in [-0.39, 0.29) is 22.1 Å². The van der Waals surface area contributed by atoms with Gasteiger partial charge in [0.05, 0.1) is 7.11 Å². The van der Waals surface area contributed by atoms with E-state index in [4.69, 9.17) is 4.74 Å². The molecule has 2 N–H and O–H groups in total. The van der Waals surface area contributed by atoms with Crippen molar-refractivity contribution in [2.45, 2.75) is 24.5 Å². The summed E-state index contributed by atoms with van der Waals surface area (Å²) in [4.78, 5) is 12.5. The monoisotopic (exact) mass is 389 g/mol. The van der Waals surface area contributed by atoms with E-state index >= 15 is 0 Å². The molecular weight excluding hydrogens is 366 g/mol. The Morgan fingerprint density at radius 3 is 2.59 bits per heavy atom. The Bertz CT molecular complexity index is 971. The molecule has 0 spiro atoms. The summed E-state index contributed by atoms with van der Waals surface area (Å²) in [5, 5.41) is 6.13. The molecule has 2 aromatic carbocycles. The number of carbonyl (C=O) groups is 1. The third-order valence-corrected chi connectivity index (χ3v) is 6.38. The van der Waals surface area contributed by atoms with Crippen molar-refractivity contribution in [2.75, 3.05) is 21.2 Å². The molecule has 0 aromatic heterocycles. The van der Waals surface area contributed by atoms with E-state index in [2.05, 4.69) is 22.8 Å². The first-order valence-corrected chi connectivity index (χ1v) is 9.97. The number of nitrogens with one attached hydrogen (secondary N) is 2. The van der Waals surface area contributed by atoms with Crippen molar-refractivity contribution >= 4 is 15.9 Å². The van der Waals surface area contributed by atoms with Crippen LogP contribution in [0.4, 0.5) is 0 Å². The van der Waals surface area contributed by atoms with Crippen LogP contribution >= 0.6 is 0 Å². The van der Waals surface area contributed by atoms with E-state index in [0.717, 1.165) is 23.0 Å². The minimum atomic E-state index is -3.73. The lowest BCUT2D eigenvalue weighted by Crippen LogP contribution is -2.25. The van der Waals surface area contributed by atoms with Crippen LogP contribution in [0.1, 0.15) is 27.0 Å². The van der Waals surface area contributed by atoms with Crippen molar-refractivity contribution < 1.29 is 17.9 Å². The molecule has 8 heteroatoms. The Kier molecular flexibility index (Phi) is 5.50. The predicted octanol–water partition coefficient (Wildman–Crippen LogP) is 1.48. The Balaban J connectivity index is 1.79. The van der Waals surface area contributed by atoms with E-state index in [1.807, 2.05) is 6.07 Å². The molecule has 1 heterocycles. The third kappa shape index (κ3) is 3.97. The third-order valence-electron chi connectivity index (χ3n) is 4.54. The second-order valence-electron chi connectivity index (χ2n) is 6.54. The summed E-state index contributed by atoms with van der Waals surface area (Å²) < 4.78 is 31.2. The van der Waals surface area contributed by atoms with Gasteiger partial charge in [0, 0.05) is 39.3 Å². The molecule has 144 valence electrons. The largest absolute Gasteiger partial charge is 0.495 e. The first-order chi connectivity index (χ1) is 12.8. The number of nitrogens with zero attached hydrogens (tertiary/aromatic N) is 1. The Hall–Kier alpha value is -2.42. The van der Waals surface area contributed by atoms with Crippen molar-refractivity contribution in [2.24, 2.45) is 0 Å². The zero-order valence-corrected chi connectivity index (χ0v) is 16.4. The van der Waals surface area contributed by atoms with Crippen LogP contribution < -0.4 is 15.4 Å². The Labute approximate surface area is 159 Å². The maximum Gasteiger partial charge on any atom is 0.251 e. The highest BCUT2D eigenvalue weighted by atomic mass is 32.2. The molecule has 0 radical (unpaired) electrons. The average molecular weight is 389 g/mol. The summed E-state index contributed by atoms with van der Waals surface area (Å²) in [7, 11) is 0.537. The number of carbonyl (C=O) groups excluding carboxylic acids is 1. The van der Waals surface area contributed by atoms with Gasteiger partial charge in [-0.3, -0.25) is 4.79 Å². The van der Waals surface area contributed by atoms with Crippen LogP contribution in [0.15, 0.2) is 41.3 Å². The fourth-order valence-electron chi connectivity index (χ4n) is 2.96. The van der Waals surface area contributed by atoms with Crippen LogP contribution in [-0.4, -0.2) is 39.8 Å². The lowest BCUT2D eigenvalue weighted by Gasteiger charge is -2.15. The molecule has 2 aromatic rings. The first-order valence-electron chi connectivity index (χ1n) is 8.53. The van der Waals surface area contributed by atoms with Gasteiger partial charge < -0.3 is 15.4 Å². The molecule has 0 saturated heterocycles. The zero-order chi connectivity index (χ0) is 19.6. The fourth-order valence-corrected chi connectivity index (χ4v) is 4.03. The molecule has 0 unspecified atom stereocenters. The molecule has 7 nitrogen and oxygen atoms in total. The van der Waals surface area contributed by atoms with Gasteiger partial charge in [-0.15, -0.1) is 0 Å². The molecule has 0 bridgehead atoms. The number of ether oxygens (including phenoxy) is 1. The SMILES string of the molecule is COc1ccc(C(=O)NCc2ccc3c(c2)CNC3)cc1S(=O)(=O)N(C)C. The predicted molar refractivity (Wildman–Crippen MR) is 102 cm³/mol. The highest BCUT2D eigenvalue weighted by Crippen LogP contribution is 2.27. The lowest BCUT2D eigenvalue weighted by atomic mass is 10.1. The zero-order valence-electron chi connectivity index (χ0n) is 15.6. The van der Waals surface area contributed by atoms with Gasteiger partial charge in [-0.1, -0.05) is 18.2 Å². The number of sulfonamides is 1. The minimum Gasteiger partial charge on any atom is -0.495 e. The number of methoxy groups -OCH3 is 1. The van der Waals surface area contributed by atoms with Crippen molar-refractivity contribution in [3.63, 3.8) is 0 Å². The minimum absolute atomic E-state index is 0.0359. The molecule has 0 atom stereocenters. The summed E-state index contributed by atoms with van der Waals surface area (Å²) in [5.41, 5.74) is 3.78. The lowest BCUT2D eigenvalue weighted by molar-refractivity contribution is 0.0950. The van der Waals surface area contributed by atoms with Crippen LogP contribution in [-0.2, 0) is 29.7 Å². The van der Waals surface area contributed by atoms with Gasteiger partial charge in [-0.2, -0.15) is 0 Å². The summed E-state index contributed by atoms with van der Waals surface area (Å²) in [6, 6.07) is 10.5. The van der Waals surface area contributed by atoms with Crippen molar-refractivity contribution in [1.29, 1.82) is 0 Å². The van der Waals surface area contributed by atoms with Gasteiger partial charge in [0.25, 0.3) is 5.91 Å². The molecule has 1 amide bonds. The number of amides is 1. The Morgan fingerprint density at radius 2 is 1.89 bits per heavy atom. The summed E-state index contributed by atoms with van der Waals surface area (Å²) in [6.07, 6.45) is 0. The number of rotatable bonds is 6. The molecule has 0 saturated carbocycles. The normalized spacial score (nSPS) is 13.5. The summed E-state index contributed by atoms with van der Waals surface area (Å²) >= 11 is 0. The van der Waals surface area contributed by atoms with Crippen LogP contribution in [0, 0.1) is 0 Å². The standard InChI is InChI=1S/C19H23N3O4S/c1-22(2)27(24,25)18-9-14(6-7-17(18)26-3)19(23)21-10-13-4-5-15-11-20-12-16(15)8-13/h4-9,20H,10-12H2,1-3H3,(H,21,23). The number of hydrogen-bond donors (Lipinski definition) is 2. The van der Waals surface area contributed by atoms with Crippen molar-refractivity contribution in [1.82, 2.24) is 14.9 Å². The summed E-state index contributed by atoms with van der Waals surface area (Å²) in [6.45, 7) is 2.08. The van der Waals surface area contributed by atoms with E-state index in [9.17, 15) is 13.2 Å². The second kappa shape index (κ2) is 7.67. The number of fused-ring (bicyclic) bond motifs is 1. The van der Waals surface area contributed by atoms with Crippen molar-refractivity contribution in [3.8, 4) is 5.75 Å². The molecule has 0 fully saturated rings. The Morgan fingerprint density at radius 1 is 1.15 bits per heavy atom. The molecular formula is C19H23N3O4S. The highest BCUT2D eigenvalue weighted by Gasteiger charge is 2.24. The van der Waals surface area contributed by atoms with Gasteiger partial charge >= 0.3 is 0 Å². The molecule has 27 heavy (non-hydrogen) atoms. The number of benzene rings is 2. The molecule has 1 aliphatic rings. The van der Waals surface area contributed by atoms with Gasteiger partial charge in [-0.05, 0) is 34.9 Å². The molecule has 0 aliphatic carbocycles. The van der Waals surface area contributed by atoms with Gasteiger partial charge in [0.15, 0.2) is 0 Å². The topological polar surface area (TPSA) is 87.7 Å². The van der Waals surface area contributed by atoms with Crippen molar-refractivity contribution in [3.05, 3.63) is 58.7 Å². The number of hydrogen-bond acceptors (Lipinski definition) is 5. The molecule has 3 rings (SSSR count). The van der Waals surface area contributed by atoms with Gasteiger partial charge in [0.1, 0.15) is 10.6 Å². The maximum atomic E-state index is 12.5. The van der Waals surface area contributed by atoms with Crippen LogP contribution in [0.2, 0.25) is 0 Å². The quantitative estimate of drug-likeness (QED) is 0.781. The first kappa shape index (κ1) is 19.3. The summed E-state index contributed by atoms with van der Waals surface area (Å²) in [5.74, 6) is -0.141.